The van der Waals surface area contributed by atoms with Gasteiger partial charge in [-0.15, -0.1) is 0 Å². The molecule has 6 nitrogen and oxygen atoms in total. The van der Waals surface area contributed by atoms with Crippen molar-refractivity contribution in [2.24, 2.45) is 0 Å². The van der Waals surface area contributed by atoms with E-state index in [2.05, 4.69) is 9.97 Å². The summed E-state index contributed by atoms with van der Waals surface area (Å²) in [5, 5.41) is 0. The van der Waals surface area contributed by atoms with Gasteiger partial charge in [-0.1, -0.05) is 60.7 Å². The molecule has 0 amide bonds. The van der Waals surface area contributed by atoms with Crippen molar-refractivity contribution in [3.05, 3.63) is 87.7 Å². The van der Waals surface area contributed by atoms with Crippen molar-refractivity contribution < 1.29 is 14.3 Å². The van der Waals surface area contributed by atoms with Crippen molar-refractivity contribution in [3.63, 3.8) is 0 Å². The van der Waals surface area contributed by atoms with Gasteiger partial charge in [0.05, 0.1) is 23.7 Å². The normalized spacial score (nSPS) is 15.4. The van der Waals surface area contributed by atoms with E-state index in [-0.39, 0.29) is 17.3 Å². The smallest absolute Gasteiger partial charge is 0.338 e. The Morgan fingerprint density at radius 3 is 2.48 bits per heavy atom. The zero-order valence-corrected chi connectivity index (χ0v) is 16.5. The molecule has 2 aromatic carbocycles. The van der Waals surface area contributed by atoms with E-state index in [1.807, 2.05) is 60.7 Å². The lowest BCUT2D eigenvalue weighted by atomic mass is 9.82. The van der Waals surface area contributed by atoms with Crippen LogP contribution in [0.4, 0.5) is 5.82 Å². The third-order valence-electron chi connectivity index (χ3n) is 4.65. The van der Waals surface area contributed by atoms with Crippen molar-refractivity contribution in [2.45, 2.75) is 12.8 Å². The lowest BCUT2D eigenvalue weighted by Gasteiger charge is -2.30. The third kappa shape index (κ3) is 3.52. The average molecular weight is 405 g/mol. The van der Waals surface area contributed by atoms with Crippen LogP contribution in [0.5, 0.6) is 5.88 Å². The van der Waals surface area contributed by atoms with Gasteiger partial charge in [0.2, 0.25) is 10.7 Å². The average Bonchev–Trinajstić information content (AvgIpc) is 2.73. The molecular weight excluding hydrogens is 386 g/mol. The summed E-state index contributed by atoms with van der Waals surface area (Å²) in [6, 6.07) is 19.0. The van der Waals surface area contributed by atoms with Gasteiger partial charge < -0.3 is 20.2 Å². The lowest BCUT2D eigenvalue weighted by molar-refractivity contribution is -0.138. The van der Waals surface area contributed by atoms with Crippen molar-refractivity contribution in [1.82, 2.24) is 9.97 Å². The number of carbonyl (C=O) groups is 1. The largest absolute Gasteiger partial charge is 0.463 e. The Labute approximate surface area is 173 Å². The molecule has 2 heterocycles. The van der Waals surface area contributed by atoms with Gasteiger partial charge in [-0.2, -0.15) is 4.98 Å². The van der Waals surface area contributed by atoms with Gasteiger partial charge >= 0.3 is 5.97 Å². The number of benzene rings is 2. The molecule has 0 fully saturated rings. The minimum atomic E-state index is -0.520. The number of rotatable bonds is 4. The number of H-pyrrole nitrogens is 1. The number of aromatic amines is 1. The van der Waals surface area contributed by atoms with Gasteiger partial charge in [0.15, 0.2) is 0 Å². The second kappa shape index (κ2) is 7.89. The zero-order valence-electron chi connectivity index (χ0n) is 15.7. The van der Waals surface area contributed by atoms with E-state index in [0.717, 1.165) is 11.1 Å². The Hall–Kier alpha value is -3.45. The highest BCUT2D eigenvalue weighted by Crippen LogP contribution is 2.47. The summed E-state index contributed by atoms with van der Waals surface area (Å²) in [4.78, 5) is 20.3. The quantitative estimate of drug-likeness (QED) is 0.499. The number of nitrogen functional groups attached to an aromatic ring is 1. The van der Waals surface area contributed by atoms with Crippen LogP contribution in [0.25, 0.3) is 5.76 Å². The van der Waals surface area contributed by atoms with Gasteiger partial charge in [0.25, 0.3) is 0 Å². The summed E-state index contributed by atoms with van der Waals surface area (Å²) in [6.07, 6.45) is 0. The topological polar surface area (TPSA) is 90.2 Å². The molecule has 0 saturated carbocycles. The molecule has 1 aromatic heterocycles. The first-order valence-electron chi connectivity index (χ1n) is 9.19. The summed E-state index contributed by atoms with van der Waals surface area (Å²) < 4.78 is 11.7. The molecule has 0 spiro atoms. The van der Waals surface area contributed by atoms with E-state index in [9.17, 15) is 4.79 Å². The minimum Gasteiger partial charge on any atom is -0.463 e. The van der Waals surface area contributed by atoms with Crippen molar-refractivity contribution in [1.29, 1.82) is 0 Å². The summed E-state index contributed by atoms with van der Waals surface area (Å²) in [7, 11) is 0. The standard InChI is InChI=1S/C22H19N3O3S/c1-2-27-21(26)16-15(13-9-5-3-6-10-13)17-19(23)24-22(29)25-20(17)28-18(16)14-11-7-4-8-12-14/h3-12,15H,2H2,1H3,(H3,23,24,25,29). The van der Waals surface area contributed by atoms with E-state index in [1.165, 1.54) is 0 Å². The number of aromatic nitrogens is 2. The van der Waals surface area contributed by atoms with Crippen LogP contribution in [0.2, 0.25) is 0 Å². The highest BCUT2D eigenvalue weighted by Gasteiger charge is 2.39. The van der Waals surface area contributed by atoms with E-state index in [4.69, 9.17) is 27.4 Å². The molecule has 1 aliphatic rings. The number of nitrogens with one attached hydrogen (secondary N) is 1. The Morgan fingerprint density at radius 2 is 1.83 bits per heavy atom. The summed E-state index contributed by atoms with van der Waals surface area (Å²) in [5.74, 6) is -0.00562. The Balaban J connectivity index is 2.05. The highest BCUT2D eigenvalue weighted by atomic mass is 32.1. The fourth-order valence-electron chi connectivity index (χ4n) is 3.46. The van der Waals surface area contributed by atoms with Crippen LogP contribution in [-0.4, -0.2) is 22.5 Å². The van der Waals surface area contributed by atoms with Gasteiger partial charge in [-0.25, -0.2) is 4.79 Å². The number of hydrogen-bond donors (Lipinski definition) is 2. The molecule has 1 unspecified atom stereocenters. The number of anilines is 1. The number of fused-ring (bicyclic) bond motifs is 1. The van der Waals surface area contributed by atoms with Crippen LogP contribution in [0.15, 0.2) is 66.2 Å². The molecule has 29 heavy (non-hydrogen) atoms. The maximum Gasteiger partial charge on any atom is 0.338 e. The Morgan fingerprint density at radius 1 is 1.17 bits per heavy atom. The molecule has 0 bridgehead atoms. The molecule has 3 N–H and O–H groups in total. The lowest BCUT2D eigenvalue weighted by Crippen LogP contribution is -2.25. The van der Waals surface area contributed by atoms with E-state index < -0.39 is 11.9 Å². The molecule has 4 rings (SSSR count). The maximum atomic E-state index is 13.1. The van der Waals surface area contributed by atoms with Crippen molar-refractivity contribution in [2.75, 3.05) is 12.3 Å². The number of carbonyl (C=O) groups excluding carboxylic acids is 1. The van der Waals surface area contributed by atoms with Gasteiger partial charge in [0.1, 0.15) is 11.6 Å². The third-order valence-corrected chi connectivity index (χ3v) is 4.84. The summed E-state index contributed by atoms with van der Waals surface area (Å²) in [5.41, 5.74) is 8.81. The van der Waals surface area contributed by atoms with Crippen LogP contribution in [0.1, 0.15) is 29.5 Å². The monoisotopic (exact) mass is 405 g/mol. The number of nitrogens with zero attached hydrogens (tertiary/aromatic N) is 1. The summed E-state index contributed by atoms with van der Waals surface area (Å²) in [6.45, 7) is 2.01. The highest BCUT2D eigenvalue weighted by molar-refractivity contribution is 7.71. The van der Waals surface area contributed by atoms with Gasteiger partial charge in [0, 0.05) is 5.56 Å². The first-order valence-corrected chi connectivity index (χ1v) is 9.60. The fraction of sp³-hybridized carbons (Fsp3) is 0.136. The Bertz CT molecular complexity index is 1140. The molecule has 7 heteroatoms. The second-order valence-electron chi connectivity index (χ2n) is 6.45. The van der Waals surface area contributed by atoms with Crippen LogP contribution in [0, 0.1) is 4.77 Å². The van der Waals surface area contributed by atoms with E-state index in [0.29, 0.717) is 22.7 Å². The SMILES string of the molecule is CCOC(=O)C1=C(c2ccccc2)Oc2nc(=S)[nH]c(N)c2C1c1ccccc1. The molecule has 3 aromatic rings. The van der Waals surface area contributed by atoms with Gasteiger partial charge in [-0.05, 0) is 24.7 Å². The Kier molecular flexibility index (Phi) is 5.14. The fourth-order valence-corrected chi connectivity index (χ4v) is 3.66. The van der Waals surface area contributed by atoms with E-state index >= 15 is 0 Å². The van der Waals surface area contributed by atoms with Crippen LogP contribution in [0.3, 0.4) is 0 Å². The molecular formula is C22H19N3O3S. The first-order chi connectivity index (χ1) is 14.1. The molecule has 0 saturated heterocycles. The molecule has 0 aliphatic carbocycles. The molecule has 0 radical (unpaired) electrons. The predicted molar refractivity (Wildman–Crippen MR) is 113 cm³/mol. The second-order valence-corrected chi connectivity index (χ2v) is 6.84. The molecule has 1 atom stereocenters. The number of ether oxygens (including phenoxy) is 2. The van der Waals surface area contributed by atoms with Crippen LogP contribution >= 0.6 is 12.2 Å². The number of nitrogens with two attached hydrogens (primary N) is 1. The van der Waals surface area contributed by atoms with E-state index in [1.54, 1.807) is 6.92 Å². The zero-order chi connectivity index (χ0) is 20.4. The molecule has 1 aliphatic heterocycles. The maximum absolute atomic E-state index is 13.1. The molecule has 146 valence electrons. The predicted octanol–water partition coefficient (Wildman–Crippen LogP) is 4.22. The first kappa shape index (κ1) is 18.9. The van der Waals surface area contributed by atoms with Crippen molar-refractivity contribution >= 4 is 29.8 Å². The number of hydrogen-bond acceptors (Lipinski definition) is 6. The number of esters is 1. The van der Waals surface area contributed by atoms with Crippen molar-refractivity contribution in [3.8, 4) is 5.88 Å². The summed E-state index contributed by atoms with van der Waals surface area (Å²) >= 11 is 5.18. The van der Waals surface area contributed by atoms with Crippen LogP contribution < -0.4 is 10.5 Å². The van der Waals surface area contributed by atoms with Gasteiger partial charge in [-0.3, -0.25) is 0 Å². The van der Waals surface area contributed by atoms with Crippen LogP contribution in [-0.2, 0) is 9.53 Å². The minimum absolute atomic E-state index is 0.208.